The van der Waals surface area contributed by atoms with E-state index in [1.54, 1.807) is 4.31 Å². The average Bonchev–Trinajstić information content (AvgIpc) is 3.04. The number of piperidine rings is 1. The summed E-state index contributed by atoms with van der Waals surface area (Å²) in [6.45, 7) is 2.53. The Kier molecular flexibility index (Phi) is 5.23. The van der Waals surface area contributed by atoms with Crippen LogP contribution in [0.15, 0.2) is 54.6 Å². The first-order chi connectivity index (χ1) is 13.5. The third kappa shape index (κ3) is 3.57. The number of hydrogen-bond donors (Lipinski definition) is 1. The number of nitrogens with one attached hydrogen (secondary N) is 1. The highest BCUT2D eigenvalue weighted by molar-refractivity contribution is 7.87. The maximum absolute atomic E-state index is 13.3. The van der Waals surface area contributed by atoms with E-state index in [0.717, 1.165) is 35.9 Å². The summed E-state index contributed by atoms with van der Waals surface area (Å²) < 4.78 is 33.0. The lowest BCUT2D eigenvalue weighted by molar-refractivity contribution is 0.264. The number of fused-ring (bicyclic) bond motifs is 1. The van der Waals surface area contributed by atoms with Crippen molar-refractivity contribution < 1.29 is 8.42 Å². The lowest BCUT2D eigenvalue weighted by Gasteiger charge is -2.33. The van der Waals surface area contributed by atoms with Crippen molar-refractivity contribution in [1.29, 1.82) is 0 Å². The van der Waals surface area contributed by atoms with Crippen molar-refractivity contribution in [2.75, 3.05) is 6.54 Å². The molecule has 0 aliphatic carbocycles. The van der Waals surface area contributed by atoms with Gasteiger partial charge in [-0.15, -0.1) is 0 Å². The van der Waals surface area contributed by atoms with Gasteiger partial charge in [0.15, 0.2) is 0 Å². The fraction of sp³-hybridized carbons (Fsp3) is 0.381. The fourth-order valence-corrected chi connectivity index (χ4v) is 5.61. The number of nitrogens with zero attached hydrogens (tertiary/aromatic N) is 3. The van der Waals surface area contributed by atoms with Crippen LogP contribution < -0.4 is 4.72 Å². The van der Waals surface area contributed by atoms with E-state index in [-0.39, 0.29) is 6.04 Å². The van der Waals surface area contributed by atoms with Crippen molar-refractivity contribution >= 4 is 21.2 Å². The Morgan fingerprint density at radius 1 is 1.07 bits per heavy atom. The van der Waals surface area contributed by atoms with Crippen LogP contribution in [0.5, 0.6) is 0 Å². The van der Waals surface area contributed by atoms with Crippen molar-refractivity contribution in [3.05, 3.63) is 66.0 Å². The highest BCUT2D eigenvalue weighted by Crippen LogP contribution is 2.27. The minimum Gasteiger partial charge on any atom is -0.329 e. The molecule has 2 heterocycles. The van der Waals surface area contributed by atoms with E-state index in [9.17, 15) is 8.42 Å². The number of aryl methyl sites for hydroxylation is 1. The van der Waals surface area contributed by atoms with Gasteiger partial charge in [-0.3, -0.25) is 0 Å². The van der Waals surface area contributed by atoms with Crippen molar-refractivity contribution in [2.45, 2.75) is 38.3 Å². The first kappa shape index (κ1) is 19.1. The Balaban J connectivity index is 1.77. The summed E-state index contributed by atoms with van der Waals surface area (Å²) >= 11 is 0. The van der Waals surface area contributed by atoms with Crippen molar-refractivity contribution in [1.82, 2.24) is 18.6 Å². The van der Waals surface area contributed by atoms with Crippen LogP contribution in [0, 0.1) is 0 Å². The first-order valence-electron chi connectivity index (χ1n) is 9.73. The van der Waals surface area contributed by atoms with Crippen molar-refractivity contribution in [3.8, 4) is 0 Å². The number of aromatic nitrogens is 2. The number of benzene rings is 2. The first-order valence-corrected chi connectivity index (χ1v) is 11.2. The molecule has 0 spiro atoms. The van der Waals surface area contributed by atoms with Gasteiger partial charge in [0.25, 0.3) is 10.2 Å². The van der Waals surface area contributed by atoms with Gasteiger partial charge in [0.1, 0.15) is 11.9 Å². The fourth-order valence-electron chi connectivity index (χ4n) is 3.98. The Labute approximate surface area is 166 Å². The third-order valence-corrected chi connectivity index (χ3v) is 7.22. The Morgan fingerprint density at radius 2 is 1.79 bits per heavy atom. The molecule has 0 amide bonds. The maximum atomic E-state index is 13.3. The molecule has 3 aromatic rings. The quantitative estimate of drug-likeness (QED) is 0.716. The molecule has 1 aromatic heterocycles. The van der Waals surface area contributed by atoms with Crippen LogP contribution in [0.2, 0.25) is 0 Å². The van der Waals surface area contributed by atoms with Crippen LogP contribution in [0.25, 0.3) is 11.0 Å². The molecule has 1 saturated heterocycles. The minimum atomic E-state index is -3.65. The van der Waals surface area contributed by atoms with E-state index < -0.39 is 16.3 Å². The molecule has 4 rings (SSSR count). The van der Waals surface area contributed by atoms with E-state index in [2.05, 4.69) is 4.72 Å². The zero-order valence-corrected chi connectivity index (χ0v) is 17.1. The Morgan fingerprint density at radius 3 is 2.50 bits per heavy atom. The van der Waals surface area contributed by atoms with Crippen LogP contribution in [-0.4, -0.2) is 34.9 Å². The largest absolute Gasteiger partial charge is 0.329 e. The molecule has 2 aromatic carbocycles. The van der Waals surface area contributed by atoms with Crippen LogP contribution in [-0.2, 0) is 17.3 Å². The van der Waals surface area contributed by atoms with Gasteiger partial charge in [-0.1, -0.05) is 48.9 Å². The molecule has 0 radical (unpaired) electrons. The molecular formula is C21H26N4O2S. The maximum Gasteiger partial charge on any atom is 0.280 e. The minimum absolute atomic E-state index is 0.00289. The highest BCUT2D eigenvalue weighted by atomic mass is 32.2. The van der Waals surface area contributed by atoms with E-state index >= 15 is 0 Å². The molecule has 28 heavy (non-hydrogen) atoms. The van der Waals surface area contributed by atoms with Crippen LogP contribution in [0.4, 0.5) is 0 Å². The summed E-state index contributed by atoms with van der Waals surface area (Å²) in [7, 11) is -1.72. The normalized spacial score (nSPS) is 19.7. The summed E-state index contributed by atoms with van der Waals surface area (Å²) in [4.78, 5) is 4.75. The van der Waals surface area contributed by atoms with Gasteiger partial charge >= 0.3 is 0 Å². The molecule has 0 saturated carbocycles. The van der Waals surface area contributed by atoms with Gasteiger partial charge < -0.3 is 4.57 Å². The topological polar surface area (TPSA) is 67.2 Å². The van der Waals surface area contributed by atoms with Gasteiger partial charge in [0.05, 0.1) is 11.0 Å². The second-order valence-corrected chi connectivity index (χ2v) is 9.09. The molecule has 1 fully saturated rings. The molecular weight excluding hydrogens is 372 g/mol. The summed E-state index contributed by atoms with van der Waals surface area (Å²) in [5, 5.41) is 0. The van der Waals surface area contributed by atoms with Crippen LogP contribution >= 0.6 is 0 Å². The van der Waals surface area contributed by atoms with Crippen LogP contribution in [0.3, 0.4) is 0 Å². The number of imidazole rings is 1. The smallest absolute Gasteiger partial charge is 0.280 e. The van der Waals surface area contributed by atoms with Crippen LogP contribution in [0.1, 0.15) is 43.6 Å². The number of para-hydroxylation sites is 2. The lowest BCUT2D eigenvalue weighted by atomic mass is 10.1. The van der Waals surface area contributed by atoms with Gasteiger partial charge in [-0.2, -0.15) is 17.4 Å². The Bertz CT molecular complexity index is 1060. The van der Waals surface area contributed by atoms with E-state index in [0.29, 0.717) is 12.4 Å². The second-order valence-electron chi connectivity index (χ2n) is 7.44. The number of hydrogen-bond acceptors (Lipinski definition) is 3. The SMILES string of the molecule is C[C@@H]1CCCCN1S(=O)(=O)N[C@H](c1ccccc1)c1nc2ccccc2n1C. The highest BCUT2D eigenvalue weighted by Gasteiger charge is 2.33. The van der Waals surface area contributed by atoms with E-state index in [1.165, 1.54) is 0 Å². The summed E-state index contributed by atoms with van der Waals surface area (Å²) in [6.07, 6.45) is 2.86. The van der Waals surface area contributed by atoms with Crippen molar-refractivity contribution in [2.24, 2.45) is 7.05 Å². The molecule has 2 atom stereocenters. The molecule has 1 aliphatic heterocycles. The monoisotopic (exact) mass is 398 g/mol. The number of rotatable bonds is 5. The summed E-state index contributed by atoms with van der Waals surface area (Å²) in [6, 6.07) is 16.9. The zero-order valence-electron chi connectivity index (χ0n) is 16.2. The van der Waals surface area contributed by atoms with Gasteiger partial charge in [0.2, 0.25) is 0 Å². The molecule has 6 nitrogen and oxygen atoms in total. The molecule has 7 heteroatoms. The molecule has 0 unspecified atom stereocenters. The van der Waals surface area contributed by atoms with Crippen molar-refractivity contribution in [3.63, 3.8) is 0 Å². The predicted molar refractivity (Wildman–Crippen MR) is 111 cm³/mol. The Hall–Kier alpha value is -2.22. The predicted octanol–water partition coefficient (Wildman–Crippen LogP) is 3.37. The standard InChI is InChI=1S/C21H26N4O2S/c1-16-10-8-9-15-25(16)28(26,27)23-20(17-11-4-3-5-12-17)21-22-18-13-6-7-14-19(18)24(21)2/h3-7,11-14,16,20,23H,8-10,15H2,1-2H3/t16-,20-/m1/s1. The molecule has 148 valence electrons. The zero-order chi connectivity index (χ0) is 19.7. The molecule has 1 aliphatic rings. The van der Waals surface area contributed by atoms with Gasteiger partial charge in [-0.05, 0) is 37.5 Å². The van der Waals surface area contributed by atoms with Gasteiger partial charge in [0, 0.05) is 19.6 Å². The summed E-state index contributed by atoms with van der Waals surface area (Å²) in [5.74, 6) is 0.681. The molecule has 0 bridgehead atoms. The average molecular weight is 399 g/mol. The second kappa shape index (κ2) is 7.66. The summed E-state index contributed by atoms with van der Waals surface area (Å²) in [5.41, 5.74) is 2.70. The van der Waals surface area contributed by atoms with E-state index in [4.69, 9.17) is 4.98 Å². The van der Waals surface area contributed by atoms with Gasteiger partial charge in [-0.25, -0.2) is 4.98 Å². The molecule has 1 N–H and O–H groups in total. The van der Waals surface area contributed by atoms with E-state index in [1.807, 2.05) is 73.1 Å². The third-order valence-electron chi connectivity index (χ3n) is 5.53. The lowest BCUT2D eigenvalue weighted by Crippen LogP contribution is -2.49.